The molecule has 4 nitrogen and oxygen atoms in total. The average Bonchev–Trinajstić information content (AvgIpc) is 2.97. The monoisotopic (exact) mass is 307 g/mol. The van der Waals surface area contributed by atoms with E-state index < -0.39 is 10.0 Å². The van der Waals surface area contributed by atoms with Crippen molar-refractivity contribution in [1.82, 2.24) is 4.72 Å². The lowest BCUT2D eigenvalue weighted by Gasteiger charge is -2.06. The van der Waals surface area contributed by atoms with Crippen LogP contribution in [0.2, 0.25) is 0 Å². The fourth-order valence-electron chi connectivity index (χ4n) is 1.55. The Morgan fingerprint density at radius 1 is 1.25 bits per heavy atom. The molecule has 0 bridgehead atoms. The Balaban J connectivity index is 2.16. The van der Waals surface area contributed by atoms with E-state index in [1.54, 1.807) is 12.1 Å². The van der Waals surface area contributed by atoms with Crippen molar-refractivity contribution in [2.45, 2.75) is 11.4 Å². The third-order valence-corrected chi connectivity index (χ3v) is 4.75. The number of aliphatic hydroxyl groups is 1. The van der Waals surface area contributed by atoms with Gasteiger partial charge in [0.2, 0.25) is 10.0 Å². The summed E-state index contributed by atoms with van der Waals surface area (Å²) in [7, 11) is -3.56. The van der Waals surface area contributed by atoms with Crippen LogP contribution in [-0.4, -0.2) is 20.1 Å². The molecule has 0 saturated heterocycles. The van der Waals surface area contributed by atoms with E-state index >= 15 is 0 Å². The fraction of sp³-hybridized carbons (Fsp3) is 0.143. The smallest absolute Gasteiger partial charge is 0.240 e. The van der Waals surface area contributed by atoms with Crippen LogP contribution < -0.4 is 4.72 Å². The van der Waals surface area contributed by atoms with Gasteiger partial charge >= 0.3 is 0 Å². The zero-order valence-electron chi connectivity index (χ0n) is 10.5. The Labute approximate surface area is 122 Å². The summed E-state index contributed by atoms with van der Waals surface area (Å²) in [4.78, 5) is 1.11. The maximum atomic E-state index is 12.1. The number of sulfonamides is 1. The van der Waals surface area contributed by atoms with Gasteiger partial charge in [0, 0.05) is 17.0 Å². The van der Waals surface area contributed by atoms with E-state index in [1.165, 1.54) is 23.5 Å². The SMILES string of the molecule is O=S(=O)(NCc1cccs1)c1cccc(C#CCO)c1. The van der Waals surface area contributed by atoms with Gasteiger partial charge in [-0.05, 0) is 29.6 Å². The maximum Gasteiger partial charge on any atom is 0.240 e. The third kappa shape index (κ3) is 3.92. The van der Waals surface area contributed by atoms with Crippen molar-refractivity contribution in [2.75, 3.05) is 6.61 Å². The van der Waals surface area contributed by atoms with Crippen LogP contribution in [0.5, 0.6) is 0 Å². The first-order chi connectivity index (χ1) is 9.62. The molecule has 0 aliphatic carbocycles. The molecule has 2 aromatic rings. The van der Waals surface area contributed by atoms with Crippen LogP contribution >= 0.6 is 11.3 Å². The normalized spacial score (nSPS) is 10.8. The number of hydrogen-bond acceptors (Lipinski definition) is 4. The minimum atomic E-state index is -3.56. The van der Waals surface area contributed by atoms with Crippen LogP contribution in [0.1, 0.15) is 10.4 Å². The number of hydrogen-bond donors (Lipinski definition) is 2. The second-order valence-corrected chi connectivity index (χ2v) is 6.69. The van der Waals surface area contributed by atoms with Gasteiger partial charge in [-0.1, -0.05) is 24.0 Å². The lowest BCUT2D eigenvalue weighted by molar-refractivity contribution is 0.350. The number of benzene rings is 1. The van der Waals surface area contributed by atoms with Crippen molar-refractivity contribution in [3.8, 4) is 11.8 Å². The van der Waals surface area contributed by atoms with Gasteiger partial charge in [0.1, 0.15) is 6.61 Å². The van der Waals surface area contributed by atoms with E-state index in [1.807, 2.05) is 17.5 Å². The maximum absolute atomic E-state index is 12.1. The number of nitrogens with one attached hydrogen (secondary N) is 1. The van der Waals surface area contributed by atoms with Crippen molar-refractivity contribution in [1.29, 1.82) is 0 Å². The fourth-order valence-corrected chi connectivity index (χ4v) is 3.33. The van der Waals surface area contributed by atoms with Crippen molar-refractivity contribution in [3.63, 3.8) is 0 Å². The average molecular weight is 307 g/mol. The van der Waals surface area contributed by atoms with Gasteiger partial charge in [-0.25, -0.2) is 13.1 Å². The van der Waals surface area contributed by atoms with Gasteiger partial charge in [0.05, 0.1) is 4.90 Å². The molecule has 0 spiro atoms. The molecule has 1 heterocycles. The summed E-state index contributed by atoms with van der Waals surface area (Å²) in [6, 6.07) is 10.1. The number of aliphatic hydroxyl groups excluding tert-OH is 1. The van der Waals surface area contributed by atoms with Crippen molar-refractivity contribution < 1.29 is 13.5 Å². The molecule has 0 amide bonds. The molecule has 6 heteroatoms. The molecule has 20 heavy (non-hydrogen) atoms. The molecule has 2 N–H and O–H groups in total. The molecule has 1 aromatic heterocycles. The molecule has 0 unspecified atom stereocenters. The number of thiophene rings is 1. The quantitative estimate of drug-likeness (QED) is 0.843. The molecule has 0 fully saturated rings. The Bertz CT molecular complexity index is 725. The van der Waals surface area contributed by atoms with Gasteiger partial charge < -0.3 is 5.11 Å². The Morgan fingerprint density at radius 3 is 2.80 bits per heavy atom. The van der Waals surface area contributed by atoms with E-state index in [0.717, 1.165) is 4.88 Å². The Kier molecular flexibility index (Phi) is 4.93. The zero-order valence-corrected chi connectivity index (χ0v) is 12.2. The molecular formula is C14H13NO3S2. The first kappa shape index (κ1) is 14.8. The highest BCUT2D eigenvalue weighted by Gasteiger charge is 2.13. The summed E-state index contributed by atoms with van der Waals surface area (Å²) < 4.78 is 26.8. The van der Waals surface area contributed by atoms with Gasteiger partial charge in [0.25, 0.3) is 0 Å². The third-order valence-electron chi connectivity index (χ3n) is 2.47. The van der Waals surface area contributed by atoms with E-state index in [-0.39, 0.29) is 18.0 Å². The zero-order chi connectivity index (χ0) is 14.4. The second kappa shape index (κ2) is 6.68. The highest BCUT2D eigenvalue weighted by atomic mass is 32.2. The standard InChI is InChI=1S/C14H13NO3S2/c16-8-2-5-12-4-1-7-14(10-12)20(17,18)15-11-13-6-3-9-19-13/h1,3-4,6-7,9-10,15-16H,8,11H2. The highest BCUT2D eigenvalue weighted by molar-refractivity contribution is 7.89. The van der Waals surface area contributed by atoms with Crippen LogP contribution in [-0.2, 0) is 16.6 Å². The minimum absolute atomic E-state index is 0.166. The molecule has 0 aliphatic heterocycles. The summed E-state index contributed by atoms with van der Waals surface area (Å²) in [5, 5.41) is 10.5. The predicted molar refractivity (Wildman–Crippen MR) is 78.8 cm³/mol. The second-order valence-electron chi connectivity index (χ2n) is 3.89. The van der Waals surface area contributed by atoms with Crippen LogP contribution in [0.3, 0.4) is 0 Å². The van der Waals surface area contributed by atoms with Crippen LogP contribution in [0.15, 0.2) is 46.7 Å². The summed E-state index contributed by atoms with van der Waals surface area (Å²) in [5.41, 5.74) is 0.554. The van der Waals surface area contributed by atoms with Crippen LogP contribution in [0, 0.1) is 11.8 Å². The topological polar surface area (TPSA) is 66.4 Å². The van der Waals surface area contributed by atoms with Gasteiger partial charge in [0.15, 0.2) is 0 Å². The Morgan fingerprint density at radius 2 is 2.10 bits per heavy atom. The first-order valence-corrected chi connectivity index (χ1v) is 8.20. The van der Waals surface area contributed by atoms with E-state index in [0.29, 0.717) is 5.56 Å². The van der Waals surface area contributed by atoms with E-state index in [2.05, 4.69) is 16.6 Å². The molecule has 104 valence electrons. The van der Waals surface area contributed by atoms with Crippen LogP contribution in [0.25, 0.3) is 0 Å². The lowest BCUT2D eigenvalue weighted by atomic mass is 10.2. The summed E-state index contributed by atoms with van der Waals surface area (Å²) in [5.74, 6) is 5.18. The summed E-state index contributed by atoms with van der Waals surface area (Å²) in [6.45, 7) is 0.0140. The molecule has 0 aliphatic rings. The highest BCUT2D eigenvalue weighted by Crippen LogP contribution is 2.13. The van der Waals surface area contributed by atoms with Crippen molar-refractivity contribution in [3.05, 3.63) is 52.2 Å². The summed E-state index contributed by atoms with van der Waals surface area (Å²) in [6.07, 6.45) is 0. The lowest BCUT2D eigenvalue weighted by Crippen LogP contribution is -2.22. The number of rotatable bonds is 4. The Hall–Kier alpha value is -1.65. The first-order valence-electron chi connectivity index (χ1n) is 5.84. The summed E-state index contributed by atoms with van der Waals surface area (Å²) >= 11 is 1.50. The largest absolute Gasteiger partial charge is 0.384 e. The van der Waals surface area contributed by atoms with E-state index in [4.69, 9.17) is 5.11 Å². The van der Waals surface area contributed by atoms with Crippen molar-refractivity contribution >= 4 is 21.4 Å². The molecule has 1 aromatic carbocycles. The van der Waals surface area contributed by atoms with Gasteiger partial charge in [-0.2, -0.15) is 0 Å². The molecule has 0 radical (unpaired) electrons. The molecule has 0 atom stereocenters. The minimum Gasteiger partial charge on any atom is -0.384 e. The molecule has 2 rings (SSSR count). The van der Waals surface area contributed by atoms with E-state index in [9.17, 15) is 8.42 Å². The molecule has 0 saturated carbocycles. The van der Waals surface area contributed by atoms with Gasteiger partial charge in [-0.3, -0.25) is 0 Å². The van der Waals surface area contributed by atoms with Crippen molar-refractivity contribution in [2.24, 2.45) is 0 Å². The van der Waals surface area contributed by atoms with Crippen LogP contribution in [0.4, 0.5) is 0 Å². The predicted octanol–water partition coefficient (Wildman–Crippen LogP) is 1.57. The molecular weight excluding hydrogens is 294 g/mol. The van der Waals surface area contributed by atoms with Gasteiger partial charge in [-0.15, -0.1) is 11.3 Å².